The third-order valence-corrected chi connectivity index (χ3v) is 3.51. The number of rotatable bonds is 3. The van der Waals surface area contributed by atoms with Crippen LogP contribution in [0.1, 0.15) is 29.9 Å². The van der Waals surface area contributed by atoms with Crippen LogP contribution in [0.2, 0.25) is 0 Å². The van der Waals surface area contributed by atoms with E-state index in [0.29, 0.717) is 11.5 Å². The molecule has 0 spiro atoms. The molecule has 0 saturated heterocycles. The maximum Gasteiger partial charge on any atom is 0.321 e. The number of hydrogen-bond donors (Lipinski definition) is 2. The average molecular weight is 287 g/mol. The molecule has 0 saturated carbocycles. The molecule has 0 radical (unpaired) electrons. The highest BCUT2D eigenvalue weighted by Gasteiger charge is 2.31. The van der Waals surface area contributed by atoms with Crippen LogP contribution in [-0.2, 0) is 4.79 Å². The fraction of sp³-hybridized carbons (Fsp3) is 0.333. The van der Waals surface area contributed by atoms with E-state index in [1.165, 1.54) is 0 Å². The van der Waals surface area contributed by atoms with Gasteiger partial charge in [-0.2, -0.15) is 5.10 Å². The minimum absolute atomic E-state index is 0.174. The van der Waals surface area contributed by atoms with Crippen molar-refractivity contribution in [2.24, 2.45) is 0 Å². The third-order valence-electron chi connectivity index (χ3n) is 3.51. The maximum atomic E-state index is 12.3. The van der Waals surface area contributed by atoms with Gasteiger partial charge in [-0.1, -0.05) is 12.1 Å². The van der Waals surface area contributed by atoms with Gasteiger partial charge >= 0.3 is 12.2 Å². The lowest BCUT2D eigenvalue weighted by Gasteiger charge is -2.17. The van der Waals surface area contributed by atoms with Crippen molar-refractivity contribution in [2.45, 2.75) is 33.1 Å². The Morgan fingerprint density at radius 1 is 1.29 bits per heavy atom. The Hall–Kier alpha value is -2.50. The summed E-state index contributed by atoms with van der Waals surface area (Å²) in [4.78, 5) is 12.3. The normalized spacial score (nSPS) is 15.0. The second-order valence-electron chi connectivity index (χ2n) is 5.09. The molecule has 6 nitrogen and oxygen atoms in total. The zero-order chi connectivity index (χ0) is 15.0. The standard InChI is InChI=1S/C15H17N3O3/c1-8(13-9(2)17-18-10(13)3)16-14(19)15-20-11-6-4-5-7-12(11)21-15/h4-8,15H,1-3H3,(H,16,19)(H,17,18). The number of carbonyl (C=O) groups is 1. The van der Waals surface area contributed by atoms with Gasteiger partial charge in [0, 0.05) is 11.3 Å². The number of para-hydroxylation sites is 2. The van der Waals surface area contributed by atoms with Crippen molar-refractivity contribution < 1.29 is 14.3 Å². The number of nitrogens with one attached hydrogen (secondary N) is 2. The van der Waals surface area contributed by atoms with Gasteiger partial charge in [-0.25, -0.2) is 0 Å². The highest BCUT2D eigenvalue weighted by molar-refractivity contribution is 5.81. The van der Waals surface area contributed by atoms with Gasteiger partial charge in [0.25, 0.3) is 0 Å². The minimum Gasteiger partial charge on any atom is -0.442 e. The van der Waals surface area contributed by atoms with E-state index in [4.69, 9.17) is 9.47 Å². The lowest BCUT2D eigenvalue weighted by molar-refractivity contribution is -0.137. The molecule has 0 fully saturated rings. The molecule has 0 bridgehead atoms. The number of H-pyrrole nitrogens is 1. The lowest BCUT2D eigenvalue weighted by Crippen LogP contribution is -2.41. The van der Waals surface area contributed by atoms with Gasteiger partial charge in [0.05, 0.1) is 11.7 Å². The number of carbonyl (C=O) groups excluding carboxylic acids is 1. The molecule has 6 heteroatoms. The van der Waals surface area contributed by atoms with Gasteiger partial charge < -0.3 is 14.8 Å². The first-order chi connectivity index (χ1) is 10.1. The third kappa shape index (κ3) is 2.44. The number of fused-ring (bicyclic) bond motifs is 1. The smallest absolute Gasteiger partial charge is 0.321 e. The van der Waals surface area contributed by atoms with E-state index >= 15 is 0 Å². The van der Waals surface area contributed by atoms with Crippen molar-refractivity contribution in [3.05, 3.63) is 41.2 Å². The summed E-state index contributed by atoms with van der Waals surface area (Å²) in [5.41, 5.74) is 2.80. The van der Waals surface area contributed by atoms with Crippen LogP contribution < -0.4 is 14.8 Å². The number of benzene rings is 1. The molecule has 1 atom stereocenters. The molecular weight excluding hydrogens is 270 g/mol. The molecule has 21 heavy (non-hydrogen) atoms. The number of ether oxygens (including phenoxy) is 2. The van der Waals surface area contributed by atoms with Crippen molar-refractivity contribution >= 4 is 5.91 Å². The van der Waals surface area contributed by atoms with Crippen molar-refractivity contribution in [1.82, 2.24) is 15.5 Å². The summed E-state index contributed by atoms with van der Waals surface area (Å²) in [6, 6.07) is 7.05. The van der Waals surface area contributed by atoms with E-state index in [0.717, 1.165) is 17.0 Å². The molecule has 2 heterocycles. The number of aryl methyl sites for hydroxylation is 2. The van der Waals surface area contributed by atoms with Gasteiger partial charge in [-0.15, -0.1) is 0 Å². The minimum atomic E-state index is -0.947. The Bertz CT molecular complexity index is 636. The second kappa shape index (κ2) is 5.12. The van der Waals surface area contributed by atoms with E-state index in [2.05, 4.69) is 15.5 Å². The van der Waals surface area contributed by atoms with Gasteiger partial charge in [-0.05, 0) is 32.9 Å². The molecule has 1 aromatic heterocycles. The highest BCUT2D eigenvalue weighted by Crippen LogP contribution is 2.34. The Labute approximate surface area is 122 Å². The predicted molar refractivity (Wildman–Crippen MR) is 76.1 cm³/mol. The molecule has 3 rings (SSSR count). The van der Waals surface area contributed by atoms with E-state index in [1.807, 2.05) is 32.9 Å². The van der Waals surface area contributed by atoms with Gasteiger partial charge in [0.15, 0.2) is 11.5 Å². The van der Waals surface area contributed by atoms with Gasteiger partial charge in [0.2, 0.25) is 0 Å². The summed E-state index contributed by atoms with van der Waals surface area (Å²) >= 11 is 0. The monoisotopic (exact) mass is 287 g/mol. The zero-order valence-corrected chi connectivity index (χ0v) is 12.1. The Morgan fingerprint density at radius 2 is 1.90 bits per heavy atom. The van der Waals surface area contributed by atoms with Crippen LogP contribution in [0.4, 0.5) is 0 Å². The molecular formula is C15H17N3O3. The number of aromatic amines is 1. The van der Waals surface area contributed by atoms with Crippen molar-refractivity contribution in [3.63, 3.8) is 0 Å². The lowest BCUT2D eigenvalue weighted by atomic mass is 10.1. The summed E-state index contributed by atoms with van der Waals surface area (Å²) in [5.74, 6) is 0.862. The quantitative estimate of drug-likeness (QED) is 0.905. The van der Waals surface area contributed by atoms with Crippen molar-refractivity contribution in [1.29, 1.82) is 0 Å². The molecule has 0 aliphatic carbocycles. The van der Waals surface area contributed by atoms with Gasteiger partial charge in [0.1, 0.15) is 0 Å². The fourth-order valence-electron chi connectivity index (χ4n) is 2.56. The molecule has 2 aromatic rings. The summed E-state index contributed by atoms with van der Waals surface area (Å²) in [5, 5.41) is 9.94. The van der Waals surface area contributed by atoms with Crippen molar-refractivity contribution in [2.75, 3.05) is 0 Å². The first kappa shape index (κ1) is 13.5. The van der Waals surface area contributed by atoms with Crippen LogP contribution in [0.25, 0.3) is 0 Å². The topological polar surface area (TPSA) is 76.2 Å². The summed E-state index contributed by atoms with van der Waals surface area (Å²) in [6.07, 6.45) is -0.947. The molecule has 110 valence electrons. The summed E-state index contributed by atoms with van der Waals surface area (Å²) in [6.45, 7) is 5.74. The Morgan fingerprint density at radius 3 is 2.43 bits per heavy atom. The number of hydrogen-bond acceptors (Lipinski definition) is 4. The summed E-state index contributed by atoms with van der Waals surface area (Å²) < 4.78 is 11.0. The molecule has 1 aliphatic heterocycles. The molecule has 1 aliphatic rings. The van der Waals surface area contributed by atoms with Crippen LogP contribution >= 0.6 is 0 Å². The Kier molecular flexibility index (Phi) is 3.29. The first-order valence-electron chi connectivity index (χ1n) is 6.80. The van der Waals surface area contributed by atoms with Crippen LogP contribution in [-0.4, -0.2) is 22.4 Å². The van der Waals surface area contributed by atoms with Crippen molar-refractivity contribution in [3.8, 4) is 11.5 Å². The van der Waals surface area contributed by atoms with Crippen LogP contribution in [0.5, 0.6) is 11.5 Å². The zero-order valence-electron chi connectivity index (χ0n) is 12.1. The predicted octanol–water partition coefficient (Wildman–Crippen LogP) is 2.00. The van der Waals surface area contributed by atoms with Crippen LogP contribution in [0, 0.1) is 13.8 Å². The number of aromatic nitrogens is 2. The highest BCUT2D eigenvalue weighted by atomic mass is 16.7. The maximum absolute atomic E-state index is 12.3. The largest absolute Gasteiger partial charge is 0.442 e. The molecule has 2 N–H and O–H groups in total. The van der Waals surface area contributed by atoms with E-state index in [1.54, 1.807) is 12.1 Å². The van der Waals surface area contributed by atoms with E-state index < -0.39 is 6.29 Å². The average Bonchev–Trinajstić information content (AvgIpc) is 3.02. The number of amides is 1. The van der Waals surface area contributed by atoms with Crippen LogP contribution in [0.3, 0.4) is 0 Å². The second-order valence-corrected chi connectivity index (χ2v) is 5.09. The fourth-order valence-corrected chi connectivity index (χ4v) is 2.56. The van der Waals surface area contributed by atoms with Crippen LogP contribution in [0.15, 0.2) is 24.3 Å². The first-order valence-corrected chi connectivity index (χ1v) is 6.80. The van der Waals surface area contributed by atoms with E-state index in [9.17, 15) is 4.79 Å². The Balaban J connectivity index is 1.68. The molecule has 1 amide bonds. The number of nitrogens with zero attached hydrogens (tertiary/aromatic N) is 1. The van der Waals surface area contributed by atoms with Gasteiger partial charge in [-0.3, -0.25) is 9.89 Å². The molecule has 1 unspecified atom stereocenters. The summed E-state index contributed by atoms with van der Waals surface area (Å²) in [7, 11) is 0. The SMILES string of the molecule is Cc1n[nH]c(C)c1C(C)NC(=O)C1Oc2ccccc2O1. The van der Waals surface area contributed by atoms with E-state index in [-0.39, 0.29) is 11.9 Å². The molecule has 1 aromatic carbocycles.